The Labute approximate surface area is 186 Å². The molecule has 2 aromatic rings. The van der Waals surface area contributed by atoms with Crippen molar-refractivity contribution in [2.45, 2.75) is 58.2 Å². The third kappa shape index (κ3) is 8.92. The predicted molar refractivity (Wildman–Crippen MR) is 123 cm³/mol. The largest absolute Gasteiger partial charge is 0.497 e. The third-order valence-electron chi connectivity index (χ3n) is 4.72. The highest BCUT2D eigenvalue weighted by atomic mass is 32.2. The van der Waals surface area contributed by atoms with E-state index in [1.165, 1.54) is 0 Å². The van der Waals surface area contributed by atoms with Crippen LogP contribution in [0.3, 0.4) is 0 Å². The van der Waals surface area contributed by atoms with Gasteiger partial charge in [0.1, 0.15) is 11.5 Å². The Hall–Kier alpha value is -1.80. The molecule has 2 rings (SSSR count). The number of hydrogen-bond donors (Lipinski definition) is 0. The van der Waals surface area contributed by atoms with Gasteiger partial charge in [-0.15, -0.1) is 0 Å². The van der Waals surface area contributed by atoms with Crippen LogP contribution in [0.15, 0.2) is 54.6 Å². The van der Waals surface area contributed by atoms with Gasteiger partial charge in [0.2, 0.25) is 7.09 Å². The van der Waals surface area contributed by atoms with Crippen LogP contribution in [-0.4, -0.2) is 39.6 Å². The normalized spacial score (nSPS) is 14.4. The van der Waals surface area contributed by atoms with E-state index in [-0.39, 0.29) is 37.6 Å². The number of ketones is 1. The monoisotopic (exact) mass is 432 g/mol. The SMILES string of the molecule is [3H]BSO[C@@H](CC(C)=O)C[C@@H](OCc1ccc(OC)cc1)[C@@H](C)OCc1ccccc1. The molecular formula is C23H31BO5S. The fourth-order valence-electron chi connectivity index (χ4n) is 3.06. The van der Waals surface area contributed by atoms with Gasteiger partial charge in [-0.1, -0.05) is 54.4 Å². The van der Waals surface area contributed by atoms with Crippen molar-refractivity contribution in [1.82, 2.24) is 0 Å². The summed E-state index contributed by atoms with van der Waals surface area (Å²) >= 11 is 1.04. The quantitative estimate of drug-likeness (QED) is 0.312. The molecule has 0 saturated carbocycles. The molecule has 30 heavy (non-hydrogen) atoms. The molecule has 0 aliphatic carbocycles. The summed E-state index contributed by atoms with van der Waals surface area (Å²) in [7, 11) is 1.71. The van der Waals surface area contributed by atoms with Crippen LogP contribution >= 0.6 is 11.9 Å². The maximum Gasteiger partial charge on any atom is 0.210 e. The van der Waals surface area contributed by atoms with Crippen LogP contribution in [0.2, 0.25) is 0 Å². The molecule has 0 heterocycles. The first kappa shape index (κ1) is 22.9. The summed E-state index contributed by atoms with van der Waals surface area (Å²) in [5.74, 6) is 0.838. The molecule has 0 amide bonds. The highest BCUT2D eigenvalue weighted by Crippen LogP contribution is 2.21. The van der Waals surface area contributed by atoms with Gasteiger partial charge in [-0.3, -0.25) is 4.79 Å². The first-order valence-corrected chi connectivity index (χ1v) is 10.9. The zero-order chi connectivity index (χ0) is 22.5. The molecule has 0 spiro atoms. The molecular weight excluding hydrogens is 399 g/mol. The Morgan fingerprint density at radius 1 is 1.07 bits per heavy atom. The summed E-state index contributed by atoms with van der Waals surface area (Å²) < 4.78 is 30.5. The van der Waals surface area contributed by atoms with Gasteiger partial charge in [0, 0.05) is 12.8 Å². The van der Waals surface area contributed by atoms with Crippen molar-refractivity contribution in [3.05, 3.63) is 65.7 Å². The molecule has 3 atom stereocenters. The summed E-state index contributed by atoms with van der Waals surface area (Å²) in [4.78, 5) is 11.7. The van der Waals surface area contributed by atoms with E-state index in [9.17, 15) is 4.79 Å². The molecule has 0 saturated heterocycles. The maximum absolute atomic E-state index is 11.7. The smallest absolute Gasteiger partial charge is 0.210 e. The molecule has 7 heteroatoms. The average Bonchev–Trinajstić information content (AvgIpc) is 2.79. The first-order chi connectivity index (χ1) is 15.0. The van der Waals surface area contributed by atoms with Crippen LogP contribution in [0.4, 0.5) is 0 Å². The molecule has 0 unspecified atom stereocenters. The molecule has 0 aliphatic rings. The summed E-state index contributed by atoms with van der Waals surface area (Å²) in [5, 5.41) is 0. The second-order valence-corrected chi connectivity index (χ2v) is 7.61. The van der Waals surface area contributed by atoms with Gasteiger partial charge in [-0.05, 0) is 38.4 Å². The average molecular weight is 432 g/mol. The zero-order valence-corrected chi connectivity index (χ0v) is 18.7. The van der Waals surface area contributed by atoms with Crippen LogP contribution in [0.1, 0.15) is 37.8 Å². The predicted octanol–water partition coefficient (Wildman–Crippen LogP) is 4.14. The van der Waals surface area contributed by atoms with E-state index in [0.29, 0.717) is 19.6 Å². The second kappa shape index (κ2) is 13.5. The van der Waals surface area contributed by atoms with E-state index >= 15 is 0 Å². The number of hydrogen-bond acceptors (Lipinski definition) is 6. The lowest BCUT2D eigenvalue weighted by Gasteiger charge is -2.28. The molecule has 0 aromatic heterocycles. The van der Waals surface area contributed by atoms with Crippen molar-refractivity contribution in [3.63, 3.8) is 0 Å². The Morgan fingerprint density at radius 3 is 2.37 bits per heavy atom. The van der Waals surface area contributed by atoms with Gasteiger partial charge in [-0.25, -0.2) is 0 Å². The summed E-state index contributed by atoms with van der Waals surface area (Å²) in [5.41, 5.74) is 2.11. The van der Waals surface area contributed by atoms with Crippen molar-refractivity contribution >= 4 is 24.8 Å². The first-order valence-electron chi connectivity index (χ1n) is 10.7. The van der Waals surface area contributed by atoms with Crippen LogP contribution in [0, 0.1) is 0 Å². The van der Waals surface area contributed by atoms with E-state index in [2.05, 4.69) is 0 Å². The van der Waals surface area contributed by atoms with Crippen molar-refractivity contribution in [2.75, 3.05) is 7.11 Å². The third-order valence-corrected chi connectivity index (χ3v) is 5.13. The van der Waals surface area contributed by atoms with Crippen LogP contribution in [-0.2, 0) is 31.7 Å². The number of ether oxygens (including phenoxy) is 3. The van der Waals surface area contributed by atoms with Crippen molar-refractivity contribution in [1.29, 1.82) is 1.34 Å². The number of rotatable bonds is 15. The van der Waals surface area contributed by atoms with E-state index in [0.717, 1.165) is 28.8 Å². The summed E-state index contributed by atoms with van der Waals surface area (Å²) in [6.45, 7) is 4.41. The highest BCUT2D eigenvalue weighted by Gasteiger charge is 2.25. The van der Waals surface area contributed by atoms with Gasteiger partial charge in [0.25, 0.3) is 0 Å². The standard InChI is InChI=1S/C23H31BO5S/c1-17(25)13-22(29-30-24)14-23(18(2)27-15-19-7-5-4-6-8-19)28-16-20-9-11-21(26-3)12-10-20/h4-12,18,22-23H,13-16,24H2,1-3H3/t18-,22+,23-/m1/s1/i24T. The number of benzene rings is 2. The lowest BCUT2D eigenvalue weighted by atomic mass is 10.0. The van der Waals surface area contributed by atoms with E-state index in [1.807, 2.05) is 61.5 Å². The van der Waals surface area contributed by atoms with Crippen molar-refractivity contribution in [3.8, 4) is 5.75 Å². The van der Waals surface area contributed by atoms with Crippen LogP contribution < -0.4 is 4.74 Å². The van der Waals surface area contributed by atoms with Gasteiger partial charge in [-0.2, -0.15) is 0 Å². The van der Waals surface area contributed by atoms with E-state index < -0.39 is 0 Å². The summed E-state index contributed by atoms with van der Waals surface area (Å²) in [6.07, 6.45) is -0.0463. The second-order valence-electron chi connectivity index (χ2n) is 7.18. The molecule has 2 aromatic carbocycles. The Balaban J connectivity index is 2.04. The van der Waals surface area contributed by atoms with Gasteiger partial charge >= 0.3 is 0 Å². The molecule has 0 radical (unpaired) electrons. The highest BCUT2D eigenvalue weighted by molar-refractivity contribution is 8.15. The molecule has 0 N–H and O–H groups in total. The Kier molecular flexibility index (Phi) is 10.3. The Morgan fingerprint density at radius 2 is 1.73 bits per heavy atom. The number of methoxy groups -OCH3 is 1. The van der Waals surface area contributed by atoms with E-state index in [4.69, 9.17) is 19.7 Å². The molecule has 0 fully saturated rings. The minimum Gasteiger partial charge on any atom is -0.497 e. The minimum absolute atomic E-state index is 0.0438. The van der Waals surface area contributed by atoms with Gasteiger partial charge in [0.15, 0.2) is 0 Å². The number of Topliss-reactive ketones (excluding diaryl/α,β-unsaturated/α-hetero) is 1. The van der Waals surface area contributed by atoms with Crippen molar-refractivity contribution in [2.24, 2.45) is 0 Å². The van der Waals surface area contributed by atoms with Crippen LogP contribution in [0.25, 0.3) is 0 Å². The lowest BCUT2D eigenvalue weighted by Crippen LogP contribution is -2.33. The summed E-state index contributed by atoms with van der Waals surface area (Å²) in [6, 6.07) is 17.7. The lowest BCUT2D eigenvalue weighted by molar-refractivity contribution is -0.120. The fraction of sp³-hybridized carbons (Fsp3) is 0.435. The molecule has 162 valence electrons. The number of carbonyl (C=O) groups is 1. The zero-order valence-electron chi connectivity index (χ0n) is 18.9. The fourth-order valence-corrected chi connectivity index (χ4v) is 3.40. The minimum atomic E-state index is -0.337. The van der Waals surface area contributed by atoms with Gasteiger partial charge in [0.05, 0.1) is 38.6 Å². The van der Waals surface area contributed by atoms with Crippen molar-refractivity contribution < 1.29 is 23.2 Å². The van der Waals surface area contributed by atoms with E-state index in [1.54, 1.807) is 14.0 Å². The topological polar surface area (TPSA) is 54.0 Å². The van der Waals surface area contributed by atoms with Gasteiger partial charge < -0.3 is 18.4 Å². The molecule has 0 aliphatic heterocycles. The number of carbonyl (C=O) groups excluding carboxylic acids is 1. The van der Waals surface area contributed by atoms with Crippen LogP contribution in [0.5, 0.6) is 5.75 Å². The Bertz CT molecular complexity index is 762. The maximum atomic E-state index is 11.7. The molecule has 0 bridgehead atoms. The molecule has 5 nitrogen and oxygen atoms in total.